The molecule has 3 aliphatic rings. The van der Waals surface area contributed by atoms with Gasteiger partial charge < -0.3 is 14.4 Å². The molecule has 1 amide bonds. The second-order valence-electron chi connectivity index (χ2n) is 8.82. The monoisotopic (exact) mass is 399 g/mol. The van der Waals surface area contributed by atoms with Crippen LogP contribution in [0.25, 0.3) is 10.4 Å². The Morgan fingerprint density at radius 1 is 1.24 bits per heavy atom. The third-order valence-electron chi connectivity index (χ3n) is 5.68. The van der Waals surface area contributed by atoms with Gasteiger partial charge in [-0.1, -0.05) is 5.11 Å². The van der Waals surface area contributed by atoms with Crippen molar-refractivity contribution in [2.45, 2.75) is 32.4 Å². The summed E-state index contributed by atoms with van der Waals surface area (Å²) in [5, 5.41) is 3.56. The van der Waals surface area contributed by atoms with Gasteiger partial charge in [-0.2, -0.15) is 0 Å². The normalized spacial score (nSPS) is 27.9. The highest BCUT2D eigenvalue weighted by Gasteiger charge is 2.60. The van der Waals surface area contributed by atoms with Crippen molar-refractivity contribution in [3.8, 4) is 0 Å². The van der Waals surface area contributed by atoms with Gasteiger partial charge in [0.1, 0.15) is 12.2 Å². The van der Waals surface area contributed by atoms with Crippen LogP contribution in [0.3, 0.4) is 0 Å². The largest absolute Gasteiger partial charge is 0.460 e. The molecule has 2 heterocycles. The summed E-state index contributed by atoms with van der Waals surface area (Å²) in [6.45, 7) is 7.73. The molecule has 0 radical (unpaired) electrons. The summed E-state index contributed by atoms with van der Waals surface area (Å²) in [5.41, 5.74) is 9.84. The first-order chi connectivity index (χ1) is 13.8. The molecule has 154 valence electrons. The number of esters is 1. The van der Waals surface area contributed by atoms with E-state index in [4.69, 9.17) is 15.0 Å². The van der Waals surface area contributed by atoms with Crippen molar-refractivity contribution in [3.63, 3.8) is 0 Å². The third-order valence-corrected chi connectivity index (χ3v) is 5.68. The second kappa shape index (κ2) is 7.15. The Morgan fingerprint density at radius 3 is 2.45 bits per heavy atom. The Kier molecular flexibility index (Phi) is 4.78. The van der Waals surface area contributed by atoms with Crippen LogP contribution in [0.4, 0.5) is 16.2 Å². The molecular weight excluding hydrogens is 374 g/mol. The number of cyclic esters (lactones) is 1. The zero-order valence-electron chi connectivity index (χ0n) is 16.8. The minimum Gasteiger partial charge on any atom is -0.460 e. The average Bonchev–Trinajstić information content (AvgIpc) is 2.97. The van der Waals surface area contributed by atoms with E-state index in [-0.39, 0.29) is 31.1 Å². The van der Waals surface area contributed by atoms with Crippen molar-refractivity contribution in [2.24, 2.45) is 22.9 Å². The van der Waals surface area contributed by atoms with Gasteiger partial charge in [-0.3, -0.25) is 9.69 Å². The van der Waals surface area contributed by atoms with Crippen molar-refractivity contribution in [1.29, 1.82) is 0 Å². The molecule has 1 unspecified atom stereocenters. The lowest BCUT2D eigenvalue weighted by Crippen LogP contribution is -2.35. The Hall–Kier alpha value is -2.93. The van der Waals surface area contributed by atoms with Gasteiger partial charge in [-0.05, 0) is 62.4 Å². The first-order valence-corrected chi connectivity index (χ1v) is 9.83. The molecule has 0 N–H and O–H groups in total. The summed E-state index contributed by atoms with van der Waals surface area (Å²) in [6.07, 6.45) is -0.432. The summed E-state index contributed by atoms with van der Waals surface area (Å²) >= 11 is 0. The average molecular weight is 399 g/mol. The first kappa shape index (κ1) is 19.4. The van der Waals surface area contributed by atoms with Gasteiger partial charge in [-0.15, -0.1) is 0 Å². The summed E-state index contributed by atoms with van der Waals surface area (Å²) in [5.74, 6) is 0.643. The number of hydrogen-bond acceptors (Lipinski definition) is 6. The standard InChI is InChI=1S/C20H25N5O4/c1-20(2,3)29-18(26)17-15-9-24(10-16(15)17)12-4-6-13(7-5-12)25-14(8-22-23-21)11-28-19(25)27/h4-7,14-17H,8-11H2,1-3H3/t14-,15-,16+,17?/m0/s1. The van der Waals surface area contributed by atoms with Gasteiger partial charge in [0.2, 0.25) is 0 Å². The molecular formula is C20H25N5O4. The fourth-order valence-electron chi connectivity index (χ4n) is 4.32. The predicted molar refractivity (Wildman–Crippen MR) is 107 cm³/mol. The summed E-state index contributed by atoms with van der Waals surface area (Å²) < 4.78 is 10.6. The summed E-state index contributed by atoms with van der Waals surface area (Å²) in [7, 11) is 0. The van der Waals surface area contributed by atoms with E-state index in [1.54, 1.807) is 0 Å². The number of amides is 1. The fourth-order valence-corrected chi connectivity index (χ4v) is 4.32. The number of azide groups is 1. The van der Waals surface area contributed by atoms with Gasteiger partial charge in [-0.25, -0.2) is 4.79 Å². The van der Waals surface area contributed by atoms with Crippen molar-refractivity contribution in [1.82, 2.24) is 0 Å². The number of nitrogens with zero attached hydrogens (tertiary/aromatic N) is 5. The second-order valence-corrected chi connectivity index (χ2v) is 8.82. The van der Waals surface area contributed by atoms with E-state index in [0.717, 1.165) is 18.8 Å². The number of ether oxygens (including phenoxy) is 2. The molecule has 9 nitrogen and oxygen atoms in total. The molecule has 1 aromatic carbocycles. The Labute approximate surface area is 169 Å². The maximum Gasteiger partial charge on any atom is 0.414 e. The van der Waals surface area contributed by atoms with Crippen LogP contribution in [0.5, 0.6) is 0 Å². The molecule has 0 spiro atoms. The topological polar surface area (TPSA) is 108 Å². The number of carbonyl (C=O) groups excluding carboxylic acids is 2. The van der Waals surface area contributed by atoms with Crippen molar-refractivity contribution < 1.29 is 19.1 Å². The number of rotatable bonds is 5. The molecule has 9 heteroatoms. The van der Waals surface area contributed by atoms with E-state index in [0.29, 0.717) is 17.5 Å². The van der Waals surface area contributed by atoms with Crippen LogP contribution < -0.4 is 9.80 Å². The first-order valence-electron chi connectivity index (χ1n) is 9.83. The van der Waals surface area contributed by atoms with Crippen molar-refractivity contribution in [3.05, 3.63) is 34.7 Å². The summed E-state index contributed by atoms with van der Waals surface area (Å²) in [4.78, 5) is 30.9. The Bertz CT molecular complexity index is 847. The van der Waals surface area contributed by atoms with Crippen LogP contribution in [0.1, 0.15) is 20.8 Å². The minimum absolute atomic E-state index is 0.0190. The van der Waals surface area contributed by atoms with E-state index in [1.165, 1.54) is 4.90 Å². The molecule has 0 aromatic heterocycles. The SMILES string of the molecule is CC(C)(C)OC(=O)C1[C@H]2CN(c3ccc(N4C(=O)OC[C@@H]4CN=[N+]=[N-])cc3)C[C@@H]12. The molecule has 29 heavy (non-hydrogen) atoms. The van der Waals surface area contributed by atoms with E-state index in [2.05, 4.69) is 14.9 Å². The highest BCUT2D eigenvalue weighted by Crippen LogP contribution is 2.53. The van der Waals surface area contributed by atoms with Crippen LogP contribution in [-0.4, -0.2) is 49.9 Å². The van der Waals surface area contributed by atoms with E-state index >= 15 is 0 Å². The van der Waals surface area contributed by atoms with Gasteiger partial charge >= 0.3 is 12.1 Å². The number of anilines is 2. The van der Waals surface area contributed by atoms with Crippen molar-refractivity contribution >= 4 is 23.4 Å². The maximum atomic E-state index is 12.3. The van der Waals surface area contributed by atoms with Crippen LogP contribution >= 0.6 is 0 Å². The lowest BCUT2D eigenvalue weighted by molar-refractivity contribution is -0.157. The zero-order chi connectivity index (χ0) is 20.8. The van der Waals surface area contributed by atoms with E-state index in [9.17, 15) is 9.59 Å². The number of carbonyl (C=O) groups is 2. The number of benzene rings is 1. The molecule has 4 rings (SSSR count). The van der Waals surface area contributed by atoms with Gasteiger partial charge in [0.15, 0.2) is 0 Å². The smallest absolute Gasteiger partial charge is 0.414 e. The number of fused-ring (bicyclic) bond motifs is 1. The Balaban J connectivity index is 1.37. The highest BCUT2D eigenvalue weighted by atomic mass is 16.6. The highest BCUT2D eigenvalue weighted by molar-refractivity contribution is 5.90. The third kappa shape index (κ3) is 3.82. The van der Waals surface area contributed by atoms with Crippen LogP contribution in [0, 0.1) is 17.8 Å². The van der Waals surface area contributed by atoms with E-state index < -0.39 is 11.7 Å². The molecule has 4 atom stereocenters. The van der Waals surface area contributed by atoms with Gasteiger partial charge in [0.25, 0.3) is 0 Å². The fraction of sp³-hybridized carbons (Fsp3) is 0.600. The molecule has 2 saturated heterocycles. The zero-order valence-corrected chi connectivity index (χ0v) is 16.8. The van der Waals surface area contributed by atoms with Crippen LogP contribution in [-0.2, 0) is 14.3 Å². The Morgan fingerprint density at radius 2 is 1.86 bits per heavy atom. The molecule has 1 saturated carbocycles. The maximum absolute atomic E-state index is 12.3. The number of hydrogen-bond donors (Lipinski definition) is 0. The lowest BCUT2D eigenvalue weighted by Gasteiger charge is -2.25. The molecule has 2 aliphatic heterocycles. The van der Waals surface area contributed by atoms with Gasteiger partial charge in [0, 0.05) is 29.4 Å². The molecule has 1 aliphatic carbocycles. The lowest BCUT2D eigenvalue weighted by atomic mass is 10.1. The van der Waals surface area contributed by atoms with Crippen LogP contribution in [0.15, 0.2) is 29.4 Å². The predicted octanol–water partition coefficient (Wildman–Crippen LogP) is 3.35. The number of piperidine rings is 1. The minimum atomic E-state index is -0.448. The molecule has 0 bridgehead atoms. The molecule has 1 aromatic rings. The summed E-state index contributed by atoms with van der Waals surface area (Å²) in [6, 6.07) is 7.40. The van der Waals surface area contributed by atoms with E-state index in [1.807, 2.05) is 45.0 Å². The quantitative estimate of drug-likeness (QED) is 0.326. The van der Waals surface area contributed by atoms with Gasteiger partial charge in [0.05, 0.1) is 18.5 Å². The van der Waals surface area contributed by atoms with Crippen LogP contribution in [0.2, 0.25) is 0 Å². The van der Waals surface area contributed by atoms with Crippen molar-refractivity contribution in [2.75, 3.05) is 36.0 Å². The molecule has 3 fully saturated rings.